The molecule has 0 bridgehead atoms. The number of carbonyl (C=O) groups excluding carboxylic acids is 1. The summed E-state index contributed by atoms with van der Waals surface area (Å²) in [7, 11) is 0. The Bertz CT molecular complexity index is 276. The molecule has 5 nitrogen and oxygen atoms in total. The van der Waals surface area contributed by atoms with Gasteiger partial charge in [0.15, 0.2) is 5.60 Å². The number of amides is 1. The van der Waals surface area contributed by atoms with Crippen molar-refractivity contribution in [3.05, 3.63) is 12.2 Å². The monoisotopic (exact) mass is 195 g/mol. The van der Waals surface area contributed by atoms with Gasteiger partial charge in [-0.15, -0.1) is 0 Å². The number of carbonyl (C=O) groups is 1. The van der Waals surface area contributed by atoms with Crippen LogP contribution in [0.25, 0.3) is 0 Å². The van der Waals surface area contributed by atoms with Crippen LogP contribution in [0.5, 0.6) is 0 Å². The highest BCUT2D eigenvalue weighted by molar-refractivity contribution is 5.68. The zero-order chi connectivity index (χ0) is 10.4. The second-order valence-electron chi connectivity index (χ2n) is 3.08. The molecule has 14 heavy (non-hydrogen) atoms. The molecule has 0 unspecified atom stereocenters. The number of hydrogen-bond acceptors (Lipinski definition) is 4. The zero-order valence-corrected chi connectivity index (χ0v) is 7.82. The van der Waals surface area contributed by atoms with Gasteiger partial charge in [-0.1, -0.05) is 12.2 Å². The summed E-state index contributed by atoms with van der Waals surface area (Å²) in [5.74, 6) is 0. The summed E-state index contributed by atoms with van der Waals surface area (Å²) in [6.07, 6.45) is 4.18. The van der Waals surface area contributed by atoms with E-state index >= 15 is 0 Å². The lowest BCUT2D eigenvalue weighted by Crippen LogP contribution is -2.29. The molecule has 0 saturated heterocycles. The van der Waals surface area contributed by atoms with Crippen LogP contribution in [0.15, 0.2) is 12.2 Å². The first-order chi connectivity index (χ1) is 6.72. The highest BCUT2D eigenvalue weighted by Crippen LogP contribution is 2.38. The van der Waals surface area contributed by atoms with Crippen LogP contribution in [-0.4, -0.2) is 24.8 Å². The highest BCUT2D eigenvalue weighted by atomic mass is 16.6. The van der Waals surface area contributed by atoms with Gasteiger partial charge in [0.2, 0.25) is 0 Å². The van der Waals surface area contributed by atoms with E-state index in [1.54, 1.807) is 12.2 Å². The number of rotatable bonds is 4. The summed E-state index contributed by atoms with van der Waals surface area (Å²) in [4.78, 5) is 11.1. The van der Waals surface area contributed by atoms with E-state index in [0.717, 1.165) is 0 Å². The van der Waals surface area contributed by atoms with Gasteiger partial charge in [-0.25, -0.2) is 4.79 Å². The topological polar surface area (TPSA) is 88.1 Å². The van der Waals surface area contributed by atoms with Crippen molar-refractivity contribution in [1.82, 2.24) is 5.32 Å². The molecule has 0 aromatic heterocycles. The summed E-state index contributed by atoms with van der Waals surface area (Å²) in [5, 5.41) is 11.1. The van der Waals surface area contributed by atoms with Crippen molar-refractivity contribution in [1.29, 1.82) is 5.26 Å². The number of nitrogens with one attached hydrogen (secondary N) is 1. The summed E-state index contributed by atoms with van der Waals surface area (Å²) < 4.78 is 4.90. The number of hydrogen-bond donors (Lipinski definition) is 2. The normalized spacial score (nSPS) is 17.4. The predicted octanol–water partition coefficient (Wildman–Crippen LogP) is 0.284. The van der Waals surface area contributed by atoms with Gasteiger partial charge >= 0.3 is 6.09 Å². The molecule has 1 rings (SSSR count). The fourth-order valence-electron chi connectivity index (χ4n) is 0.886. The van der Waals surface area contributed by atoms with Crippen molar-refractivity contribution in [3.63, 3.8) is 0 Å². The Morgan fingerprint density at radius 3 is 2.86 bits per heavy atom. The molecular weight excluding hydrogens is 182 g/mol. The maximum absolute atomic E-state index is 11.1. The molecule has 1 aliphatic rings. The second-order valence-corrected chi connectivity index (χ2v) is 3.08. The van der Waals surface area contributed by atoms with Gasteiger partial charge in [0.05, 0.1) is 0 Å². The number of alkyl carbamates (subject to hydrolysis) is 1. The molecule has 0 heterocycles. The van der Waals surface area contributed by atoms with E-state index in [1.165, 1.54) is 0 Å². The molecule has 1 fully saturated rings. The fourth-order valence-corrected chi connectivity index (χ4v) is 0.886. The van der Waals surface area contributed by atoms with Crippen LogP contribution in [0.4, 0.5) is 4.79 Å². The maximum atomic E-state index is 11.1. The Hall–Kier alpha value is -1.54. The SMILES string of the molecule is N#CC1(OC(=O)NC/C=C/CN)CC1. The summed E-state index contributed by atoms with van der Waals surface area (Å²) >= 11 is 0. The van der Waals surface area contributed by atoms with Gasteiger partial charge in [-0.05, 0) is 0 Å². The average molecular weight is 195 g/mol. The summed E-state index contributed by atoms with van der Waals surface area (Å²) in [6, 6.07) is 1.96. The van der Waals surface area contributed by atoms with Gasteiger partial charge in [-0.2, -0.15) is 5.26 Å². The van der Waals surface area contributed by atoms with Gasteiger partial charge in [-0.3, -0.25) is 0 Å². The molecule has 0 aromatic rings. The van der Waals surface area contributed by atoms with E-state index in [4.69, 9.17) is 15.7 Å². The fraction of sp³-hybridized carbons (Fsp3) is 0.556. The lowest BCUT2D eigenvalue weighted by Gasteiger charge is -2.08. The number of ether oxygens (including phenoxy) is 1. The lowest BCUT2D eigenvalue weighted by atomic mass is 10.4. The first-order valence-electron chi connectivity index (χ1n) is 4.45. The third-order valence-electron chi connectivity index (χ3n) is 1.86. The highest BCUT2D eigenvalue weighted by Gasteiger charge is 2.47. The second kappa shape index (κ2) is 4.63. The Morgan fingerprint density at radius 2 is 2.36 bits per heavy atom. The molecule has 0 aromatic carbocycles. The summed E-state index contributed by atoms with van der Waals surface area (Å²) in [6.45, 7) is 0.816. The first kappa shape index (κ1) is 10.5. The molecule has 0 spiro atoms. The van der Waals surface area contributed by atoms with Crippen molar-refractivity contribution >= 4 is 6.09 Å². The number of nitriles is 1. The minimum absolute atomic E-state index is 0.373. The third-order valence-corrected chi connectivity index (χ3v) is 1.86. The molecule has 1 amide bonds. The van der Waals surface area contributed by atoms with E-state index in [1.807, 2.05) is 6.07 Å². The molecule has 0 radical (unpaired) electrons. The minimum Gasteiger partial charge on any atom is -0.427 e. The third kappa shape index (κ3) is 3.07. The van der Waals surface area contributed by atoms with Crippen molar-refractivity contribution in [2.45, 2.75) is 18.4 Å². The quantitative estimate of drug-likeness (QED) is 0.631. The van der Waals surface area contributed by atoms with Crippen LogP contribution >= 0.6 is 0 Å². The molecule has 1 aliphatic carbocycles. The van der Waals surface area contributed by atoms with E-state index < -0.39 is 11.7 Å². The standard InChI is InChI=1S/C9H13N3O2/c10-5-1-2-6-12-8(13)14-9(7-11)3-4-9/h1-2H,3-6,10H2,(H,12,13)/b2-1+. The molecule has 3 N–H and O–H groups in total. The van der Waals surface area contributed by atoms with Crippen LogP contribution in [-0.2, 0) is 4.74 Å². The number of nitrogens with two attached hydrogens (primary N) is 1. The Labute approximate surface area is 82.5 Å². The molecule has 0 atom stereocenters. The van der Waals surface area contributed by atoms with Crippen molar-refractivity contribution in [2.75, 3.05) is 13.1 Å². The Balaban J connectivity index is 2.17. The largest absolute Gasteiger partial charge is 0.427 e. The van der Waals surface area contributed by atoms with Crippen LogP contribution in [0.1, 0.15) is 12.8 Å². The minimum atomic E-state index is -0.846. The molecule has 1 saturated carbocycles. The first-order valence-corrected chi connectivity index (χ1v) is 4.45. The van der Waals surface area contributed by atoms with Crippen LogP contribution < -0.4 is 11.1 Å². The van der Waals surface area contributed by atoms with Crippen LogP contribution in [0.3, 0.4) is 0 Å². The van der Waals surface area contributed by atoms with E-state index in [0.29, 0.717) is 25.9 Å². The smallest absolute Gasteiger partial charge is 0.408 e. The van der Waals surface area contributed by atoms with Gasteiger partial charge in [0.1, 0.15) is 6.07 Å². The van der Waals surface area contributed by atoms with Gasteiger partial charge in [0, 0.05) is 25.9 Å². The average Bonchev–Trinajstić information content (AvgIpc) is 2.93. The van der Waals surface area contributed by atoms with Crippen molar-refractivity contribution < 1.29 is 9.53 Å². The lowest BCUT2D eigenvalue weighted by molar-refractivity contribution is 0.112. The predicted molar refractivity (Wildman–Crippen MR) is 50.3 cm³/mol. The van der Waals surface area contributed by atoms with Crippen LogP contribution in [0, 0.1) is 11.3 Å². The number of nitrogens with zero attached hydrogens (tertiary/aromatic N) is 1. The molecule has 5 heteroatoms. The van der Waals surface area contributed by atoms with Crippen molar-refractivity contribution in [3.8, 4) is 6.07 Å². The zero-order valence-electron chi connectivity index (χ0n) is 7.82. The van der Waals surface area contributed by atoms with E-state index in [9.17, 15) is 4.79 Å². The Kier molecular flexibility index (Phi) is 3.48. The van der Waals surface area contributed by atoms with Gasteiger partial charge < -0.3 is 15.8 Å². The maximum Gasteiger partial charge on any atom is 0.408 e. The molecule has 76 valence electrons. The van der Waals surface area contributed by atoms with E-state index in [-0.39, 0.29) is 0 Å². The van der Waals surface area contributed by atoms with Crippen LogP contribution in [0.2, 0.25) is 0 Å². The Morgan fingerprint density at radius 1 is 1.64 bits per heavy atom. The van der Waals surface area contributed by atoms with E-state index in [2.05, 4.69) is 5.32 Å². The summed E-state index contributed by atoms with van der Waals surface area (Å²) in [5.41, 5.74) is 4.36. The molecule has 0 aliphatic heterocycles. The van der Waals surface area contributed by atoms with Gasteiger partial charge in [0.25, 0.3) is 0 Å². The molecular formula is C9H13N3O2. The van der Waals surface area contributed by atoms with Crippen molar-refractivity contribution in [2.24, 2.45) is 5.73 Å².